The molecule has 17 heavy (non-hydrogen) atoms. The van der Waals surface area contributed by atoms with E-state index in [1.807, 2.05) is 31.1 Å². The van der Waals surface area contributed by atoms with Crippen molar-refractivity contribution >= 4 is 45.3 Å². The highest BCUT2D eigenvalue weighted by molar-refractivity contribution is 14.1. The molecule has 2 rings (SSSR count). The van der Waals surface area contributed by atoms with Crippen LogP contribution in [0.15, 0.2) is 12.1 Å². The third-order valence-corrected chi connectivity index (χ3v) is 3.23. The van der Waals surface area contributed by atoms with Gasteiger partial charge in [-0.1, -0.05) is 0 Å². The van der Waals surface area contributed by atoms with E-state index in [-0.39, 0.29) is 0 Å². The zero-order valence-electron chi connectivity index (χ0n) is 9.86. The fourth-order valence-electron chi connectivity index (χ4n) is 1.50. The van der Waals surface area contributed by atoms with Crippen LogP contribution in [0, 0.1) is 3.57 Å². The largest absolute Gasteiger partial charge is 0.496 e. The van der Waals surface area contributed by atoms with E-state index in [2.05, 4.69) is 32.6 Å². The molecule has 5 nitrogen and oxygen atoms in total. The van der Waals surface area contributed by atoms with Crippen LogP contribution in [0.5, 0.6) is 5.75 Å². The van der Waals surface area contributed by atoms with Crippen LogP contribution in [0.4, 0.5) is 11.8 Å². The van der Waals surface area contributed by atoms with Crippen LogP contribution in [-0.2, 0) is 0 Å². The lowest BCUT2D eigenvalue weighted by Gasteiger charge is -2.13. The van der Waals surface area contributed by atoms with Gasteiger partial charge in [0.05, 0.1) is 16.2 Å². The highest BCUT2D eigenvalue weighted by Gasteiger charge is 2.10. The molecule has 90 valence electrons. The molecule has 0 saturated carbocycles. The summed E-state index contributed by atoms with van der Waals surface area (Å²) in [6, 6.07) is 3.81. The number of methoxy groups -OCH3 is 1. The first kappa shape index (κ1) is 12.2. The Morgan fingerprint density at radius 2 is 2.00 bits per heavy atom. The van der Waals surface area contributed by atoms with Crippen LogP contribution < -0.4 is 15.4 Å². The van der Waals surface area contributed by atoms with Crippen molar-refractivity contribution in [3.63, 3.8) is 0 Å². The molecule has 1 aromatic carbocycles. The number of fused-ring (bicyclic) bond motifs is 1. The van der Waals surface area contributed by atoms with Crippen molar-refractivity contribution in [2.24, 2.45) is 0 Å². The molecule has 0 spiro atoms. The molecule has 0 aliphatic rings. The van der Waals surface area contributed by atoms with E-state index in [1.165, 1.54) is 0 Å². The lowest BCUT2D eigenvalue weighted by molar-refractivity contribution is 0.412. The third kappa shape index (κ3) is 2.21. The van der Waals surface area contributed by atoms with Gasteiger partial charge in [-0.05, 0) is 34.7 Å². The molecular weight excluding hydrogens is 331 g/mol. The Labute approximate surface area is 113 Å². The molecule has 2 N–H and O–H groups in total. The Kier molecular flexibility index (Phi) is 3.23. The number of nitrogen functional groups attached to an aromatic ring is 1. The van der Waals surface area contributed by atoms with Gasteiger partial charge in [0.25, 0.3) is 0 Å². The van der Waals surface area contributed by atoms with Crippen molar-refractivity contribution in [2.75, 3.05) is 31.8 Å². The Morgan fingerprint density at radius 1 is 1.29 bits per heavy atom. The monoisotopic (exact) mass is 344 g/mol. The fourth-order valence-corrected chi connectivity index (χ4v) is 2.17. The standard InChI is InChI=1S/C11H13IN4O/c1-16(2)11-14-8-5-7(12)9(17-3)4-6(8)10(13)15-11/h4-5H,1-3H3,(H2,13,14,15). The first-order chi connectivity index (χ1) is 8.02. The summed E-state index contributed by atoms with van der Waals surface area (Å²) in [5, 5.41) is 0.813. The number of rotatable bonds is 2. The number of benzene rings is 1. The molecule has 0 aliphatic carbocycles. The van der Waals surface area contributed by atoms with Crippen molar-refractivity contribution in [1.29, 1.82) is 0 Å². The van der Waals surface area contributed by atoms with Gasteiger partial charge in [0.1, 0.15) is 11.6 Å². The van der Waals surface area contributed by atoms with Gasteiger partial charge in [-0.15, -0.1) is 0 Å². The second-order valence-corrected chi connectivity index (χ2v) is 4.97. The second-order valence-electron chi connectivity index (χ2n) is 3.81. The average molecular weight is 344 g/mol. The molecule has 0 bridgehead atoms. The minimum absolute atomic E-state index is 0.466. The fraction of sp³-hybridized carbons (Fsp3) is 0.273. The third-order valence-electron chi connectivity index (χ3n) is 2.39. The van der Waals surface area contributed by atoms with Crippen molar-refractivity contribution in [2.45, 2.75) is 0 Å². The molecule has 0 amide bonds. The number of hydrogen-bond donors (Lipinski definition) is 1. The molecule has 0 fully saturated rings. The van der Waals surface area contributed by atoms with Gasteiger partial charge in [-0.25, -0.2) is 4.98 Å². The molecule has 6 heteroatoms. The van der Waals surface area contributed by atoms with E-state index in [0.717, 1.165) is 20.2 Å². The number of halogens is 1. The highest BCUT2D eigenvalue weighted by Crippen LogP contribution is 2.29. The van der Waals surface area contributed by atoms with Crippen LogP contribution in [0.1, 0.15) is 0 Å². The molecule has 0 radical (unpaired) electrons. The van der Waals surface area contributed by atoms with E-state index in [1.54, 1.807) is 7.11 Å². The molecule has 0 unspecified atom stereocenters. The quantitative estimate of drug-likeness (QED) is 0.843. The predicted octanol–water partition coefficient (Wildman–Crippen LogP) is 1.89. The lowest BCUT2D eigenvalue weighted by Crippen LogP contribution is -2.13. The number of anilines is 2. The zero-order valence-corrected chi connectivity index (χ0v) is 12.0. The molecule has 0 aliphatic heterocycles. The van der Waals surface area contributed by atoms with Gasteiger partial charge in [0.15, 0.2) is 0 Å². The Bertz CT molecular complexity index is 571. The lowest BCUT2D eigenvalue weighted by atomic mass is 10.2. The number of nitrogens with two attached hydrogens (primary N) is 1. The van der Waals surface area contributed by atoms with Crippen molar-refractivity contribution < 1.29 is 4.74 Å². The second kappa shape index (κ2) is 4.52. The number of ether oxygens (including phenoxy) is 1. The molecule has 0 saturated heterocycles. The summed E-state index contributed by atoms with van der Waals surface area (Å²) in [6.07, 6.45) is 0. The van der Waals surface area contributed by atoms with Crippen LogP contribution in [-0.4, -0.2) is 31.2 Å². The first-order valence-corrected chi connectivity index (χ1v) is 6.09. The SMILES string of the molecule is COc1cc2c(N)nc(N(C)C)nc2cc1I. The van der Waals surface area contributed by atoms with Crippen molar-refractivity contribution in [3.8, 4) is 5.75 Å². The molecular formula is C11H13IN4O. The Morgan fingerprint density at radius 3 is 2.59 bits per heavy atom. The van der Waals surface area contributed by atoms with Crippen LogP contribution in [0.2, 0.25) is 0 Å². The Balaban J connectivity index is 2.73. The van der Waals surface area contributed by atoms with E-state index in [9.17, 15) is 0 Å². The van der Waals surface area contributed by atoms with Gasteiger partial charge in [0.2, 0.25) is 5.95 Å². The van der Waals surface area contributed by atoms with Gasteiger partial charge in [0, 0.05) is 19.5 Å². The first-order valence-electron chi connectivity index (χ1n) is 5.01. The summed E-state index contributed by atoms with van der Waals surface area (Å²) in [5.74, 6) is 1.86. The summed E-state index contributed by atoms with van der Waals surface area (Å²) >= 11 is 2.21. The van der Waals surface area contributed by atoms with Gasteiger partial charge < -0.3 is 15.4 Å². The topological polar surface area (TPSA) is 64.3 Å². The summed E-state index contributed by atoms with van der Waals surface area (Å²) < 4.78 is 6.26. The van der Waals surface area contributed by atoms with Crippen LogP contribution in [0.3, 0.4) is 0 Å². The van der Waals surface area contributed by atoms with E-state index >= 15 is 0 Å². The van der Waals surface area contributed by atoms with E-state index in [4.69, 9.17) is 10.5 Å². The summed E-state index contributed by atoms with van der Waals surface area (Å²) in [4.78, 5) is 10.5. The maximum atomic E-state index is 5.93. The maximum absolute atomic E-state index is 5.93. The van der Waals surface area contributed by atoms with Crippen molar-refractivity contribution in [3.05, 3.63) is 15.7 Å². The summed E-state index contributed by atoms with van der Waals surface area (Å²) in [7, 11) is 5.40. The van der Waals surface area contributed by atoms with Crippen LogP contribution in [0.25, 0.3) is 10.9 Å². The molecule has 1 heterocycles. The number of nitrogens with zero attached hydrogens (tertiary/aromatic N) is 3. The minimum atomic E-state index is 0.466. The normalized spacial score (nSPS) is 10.6. The highest BCUT2D eigenvalue weighted by atomic mass is 127. The Hall–Kier alpha value is -1.31. The van der Waals surface area contributed by atoms with Gasteiger partial charge >= 0.3 is 0 Å². The van der Waals surface area contributed by atoms with Crippen LogP contribution >= 0.6 is 22.6 Å². The van der Waals surface area contributed by atoms with E-state index < -0.39 is 0 Å². The maximum Gasteiger partial charge on any atom is 0.227 e. The predicted molar refractivity (Wildman–Crippen MR) is 77.5 cm³/mol. The van der Waals surface area contributed by atoms with Gasteiger partial charge in [-0.2, -0.15) is 4.98 Å². The smallest absolute Gasteiger partial charge is 0.227 e. The summed E-state index contributed by atoms with van der Waals surface area (Å²) in [6.45, 7) is 0. The number of aromatic nitrogens is 2. The average Bonchev–Trinajstić information content (AvgIpc) is 2.27. The molecule has 2 aromatic rings. The van der Waals surface area contributed by atoms with Crippen molar-refractivity contribution in [1.82, 2.24) is 9.97 Å². The zero-order chi connectivity index (χ0) is 12.6. The molecule has 0 atom stereocenters. The summed E-state index contributed by atoms with van der Waals surface area (Å²) in [5.41, 5.74) is 6.76. The molecule has 1 aromatic heterocycles. The minimum Gasteiger partial charge on any atom is -0.496 e. The van der Waals surface area contributed by atoms with E-state index in [0.29, 0.717) is 11.8 Å². The van der Waals surface area contributed by atoms with Gasteiger partial charge in [-0.3, -0.25) is 0 Å². The number of hydrogen-bond acceptors (Lipinski definition) is 5.